The Morgan fingerprint density at radius 1 is 1.25 bits per heavy atom. The summed E-state index contributed by atoms with van der Waals surface area (Å²) in [6.07, 6.45) is 10.2. The third-order valence-electron chi connectivity index (χ3n) is 3.29. The van der Waals surface area contributed by atoms with Gasteiger partial charge in [-0.25, -0.2) is 0 Å². The van der Waals surface area contributed by atoms with Crippen LogP contribution in [0, 0.1) is 0 Å². The van der Waals surface area contributed by atoms with Crippen LogP contribution in [0.2, 0.25) is 0 Å². The summed E-state index contributed by atoms with van der Waals surface area (Å²) in [5, 5.41) is 14.2. The van der Waals surface area contributed by atoms with Crippen LogP contribution in [0.1, 0.15) is 32.1 Å². The molecule has 0 aromatic carbocycles. The summed E-state index contributed by atoms with van der Waals surface area (Å²) in [5.41, 5.74) is 1.56. The van der Waals surface area contributed by atoms with Gasteiger partial charge >= 0.3 is 0 Å². The van der Waals surface area contributed by atoms with Crippen molar-refractivity contribution in [3.63, 3.8) is 0 Å². The fourth-order valence-corrected chi connectivity index (χ4v) is 2.21. The summed E-state index contributed by atoms with van der Waals surface area (Å²) < 4.78 is 4.97. The SMILES string of the molecule is COCCNc1nncc(NCCC2=CCCCC2)n1. The zero-order chi connectivity index (χ0) is 14.0. The van der Waals surface area contributed by atoms with Gasteiger partial charge in [0.25, 0.3) is 0 Å². The van der Waals surface area contributed by atoms with Gasteiger partial charge in [0, 0.05) is 20.2 Å². The van der Waals surface area contributed by atoms with Crippen molar-refractivity contribution in [2.24, 2.45) is 0 Å². The van der Waals surface area contributed by atoms with Gasteiger partial charge in [-0.2, -0.15) is 10.1 Å². The molecule has 20 heavy (non-hydrogen) atoms. The molecule has 1 heterocycles. The second-order valence-corrected chi connectivity index (χ2v) is 4.87. The third kappa shape index (κ3) is 5.13. The molecule has 0 saturated carbocycles. The van der Waals surface area contributed by atoms with Crippen LogP contribution in [0.3, 0.4) is 0 Å². The topological polar surface area (TPSA) is 72.0 Å². The molecule has 0 saturated heterocycles. The van der Waals surface area contributed by atoms with Crippen molar-refractivity contribution in [3.05, 3.63) is 17.8 Å². The van der Waals surface area contributed by atoms with E-state index in [1.807, 2.05) is 0 Å². The van der Waals surface area contributed by atoms with Gasteiger partial charge in [-0.3, -0.25) is 0 Å². The summed E-state index contributed by atoms with van der Waals surface area (Å²) in [6.45, 7) is 2.19. The fraction of sp³-hybridized carbons (Fsp3) is 0.643. The maximum atomic E-state index is 4.97. The number of rotatable bonds is 8. The lowest BCUT2D eigenvalue weighted by atomic mass is 9.97. The molecule has 0 aliphatic heterocycles. The van der Waals surface area contributed by atoms with Crippen molar-refractivity contribution < 1.29 is 4.74 Å². The molecule has 0 fully saturated rings. The molecule has 1 aromatic heterocycles. The highest BCUT2D eigenvalue weighted by Crippen LogP contribution is 2.19. The highest BCUT2D eigenvalue weighted by molar-refractivity contribution is 5.37. The second-order valence-electron chi connectivity index (χ2n) is 4.87. The highest BCUT2D eigenvalue weighted by atomic mass is 16.5. The Hall–Kier alpha value is -1.69. The van der Waals surface area contributed by atoms with E-state index < -0.39 is 0 Å². The van der Waals surface area contributed by atoms with Gasteiger partial charge in [-0.05, 0) is 32.1 Å². The Morgan fingerprint density at radius 3 is 3.00 bits per heavy atom. The number of aromatic nitrogens is 3. The van der Waals surface area contributed by atoms with Crippen molar-refractivity contribution >= 4 is 11.8 Å². The molecule has 0 atom stereocenters. The molecule has 1 aromatic rings. The van der Waals surface area contributed by atoms with Crippen molar-refractivity contribution in [2.45, 2.75) is 32.1 Å². The number of nitrogens with one attached hydrogen (secondary N) is 2. The van der Waals surface area contributed by atoms with Crippen molar-refractivity contribution in [3.8, 4) is 0 Å². The molecule has 2 rings (SSSR count). The van der Waals surface area contributed by atoms with Crippen LogP contribution in [0.15, 0.2) is 17.8 Å². The Morgan fingerprint density at radius 2 is 2.20 bits per heavy atom. The van der Waals surface area contributed by atoms with Gasteiger partial charge < -0.3 is 15.4 Å². The minimum atomic E-state index is 0.531. The first-order valence-electron chi connectivity index (χ1n) is 7.23. The van der Waals surface area contributed by atoms with Crippen LogP contribution in [0.4, 0.5) is 11.8 Å². The molecule has 6 heteroatoms. The van der Waals surface area contributed by atoms with Gasteiger partial charge in [0.15, 0.2) is 5.82 Å². The average Bonchev–Trinajstić information content (AvgIpc) is 2.49. The standard InChI is InChI=1S/C14H23N5O/c1-20-10-9-16-14-18-13(11-17-19-14)15-8-7-12-5-3-2-4-6-12/h5,11H,2-4,6-10H2,1H3,(H2,15,16,18,19). The van der Waals surface area contributed by atoms with E-state index in [1.165, 1.54) is 25.7 Å². The van der Waals surface area contributed by atoms with E-state index in [0.717, 1.165) is 18.8 Å². The predicted molar refractivity (Wildman–Crippen MR) is 79.9 cm³/mol. The van der Waals surface area contributed by atoms with E-state index in [2.05, 4.69) is 31.9 Å². The maximum absolute atomic E-state index is 4.97. The Bertz CT molecular complexity index is 435. The van der Waals surface area contributed by atoms with Gasteiger partial charge in [-0.1, -0.05) is 11.6 Å². The summed E-state index contributed by atoms with van der Waals surface area (Å²) >= 11 is 0. The van der Waals surface area contributed by atoms with E-state index in [1.54, 1.807) is 18.9 Å². The largest absolute Gasteiger partial charge is 0.383 e. The van der Waals surface area contributed by atoms with Gasteiger partial charge in [0.2, 0.25) is 5.95 Å². The van der Waals surface area contributed by atoms with Crippen LogP contribution in [0.25, 0.3) is 0 Å². The smallest absolute Gasteiger partial charge is 0.244 e. The van der Waals surface area contributed by atoms with Crippen LogP contribution < -0.4 is 10.6 Å². The van der Waals surface area contributed by atoms with Crippen LogP contribution in [-0.2, 0) is 4.74 Å². The fourth-order valence-electron chi connectivity index (χ4n) is 2.21. The summed E-state index contributed by atoms with van der Waals surface area (Å²) in [5.74, 6) is 1.29. The maximum Gasteiger partial charge on any atom is 0.244 e. The summed E-state index contributed by atoms with van der Waals surface area (Å²) in [6, 6.07) is 0. The monoisotopic (exact) mass is 277 g/mol. The van der Waals surface area contributed by atoms with E-state index in [-0.39, 0.29) is 0 Å². The van der Waals surface area contributed by atoms with E-state index in [4.69, 9.17) is 4.74 Å². The molecular weight excluding hydrogens is 254 g/mol. The van der Waals surface area contributed by atoms with E-state index in [0.29, 0.717) is 19.1 Å². The number of nitrogens with zero attached hydrogens (tertiary/aromatic N) is 3. The molecular formula is C14H23N5O. The predicted octanol–water partition coefficient (Wildman–Crippen LogP) is 2.23. The van der Waals surface area contributed by atoms with Gasteiger partial charge in [0.1, 0.15) is 0 Å². The first-order valence-corrected chi connectivity index (χ1v) is 7.23. The van der Waals surface area contributed by atoms with Gasteiger partial charge in [0.05, 0.1) is 12.8 Å². The Kier molecular flexibility index (Phi) is 6.23. The quantitative estimate of drug-likeness (QED) is 0.561. The minimum Gasteiger partial charge on any atom is -0.383 e. The normalized spacial score (nSPS) is 14.8. The van der Waals surface area contributed by atoms with Crippen LogP contribution in [-0.4, -0.2) is 42.0 Å². The minimum absolute atomic E-state index is 0.531. The molecule has 6 nitrogen and oxygen atoms in total. The first kappa shape index (κ1) is 14.7. The molecule has 2 N–H and O–H groups in total. The average molecular weight is 277 g/mol. The number of ether oxygens (including phenoxy) is 1. The molecule has 0 spiro atoms. The van der Waals surface area contributed by atoms with Crippen LogP contribution >= 0.6 is 0 Å². The molecule has 0 amide bonds. The first-order chi connectivity index (χ1) is 9.88. The van der Waals surface area contributed by atoms with Crippen molar-refractivity contribution in [1.82, 2.24) is 15.2 Å². The lowest BCUT2D eigenvalue weighted by molar-refractivity contribution is 0.210. The zero-order valence-electron chi connectivity index (χ0n) is 12.1. The number of hydrogen-bond acceptors (Lipinski definition) is 6. The van der Waals surface area contributed by atoms with Crippen molar-refractivity contribution in [2.75, 3.05) is 37.4 Å². The Labute approximate surface area is 120 Å². The van der Waals surface area contributed by atoms with Crippen molar-refractivity contribution in [1.29, 1.82) is 0 Å². The summed E-state index contributed by atoms with van der Waals surface area (Å²) in [7, 11) is 1.67. The number of methoxy groups -OCH3 is 1. The molecule has 0 radical (unpaired) electrons. The van der Waals surface area contributed by atoms with Gasteiger partial charge in [-0.15, -0.1) is 5.10 Å². The molecule has 1 aliphatic carbocycles. The van der Waals surface area contributed by atoms with E-state index in [9.17, 15) is 0 Å². The number of anilines is 2. The third-order valence-corrected chi connectivity index (χ3v) is 3.29. The molecule has 0 unspecified atom stereocenters. The van der Waals surface area contributed by atoms with Crippen LogP contribution in [0.5, 0.6) is 0 Å². The molecule has 110 valence electrons. The molecule has 0 bridgehead atoms. The highest BCUT2D eigenvalue weighted by Gasteiger charge is 2.04. The molecule has 1 aliphatic rings. The zero-order valence-corrected chi connectivity index (χ0v) is 12.1. The number of hydrogen-bond donors (Lipinski definition) is 2. The lowest BCUT2D eigenvalue weighted by Gasteiger charge is -2.13. The lowest BCUT2D eigenvalue weighted by Crippen LogP contribution is -2.12. The summed E-state index contributed by atoms with van der Waals surface area (Å²) in [4.78, 5) is 4.36. The second kappa shape index (κ2) is 8.47. The Balaban J connectivity index is 1.74. The number of allylic oxidation sites excluding steroid dienone is 1. The van der Waals surface area contributed by atoms with E-state index >= 15 is 0 Å².